The molecule has 0 aliphatic heterocycles. The molecule has 0 atom stereocenters. The van der Waals surface area contributed by atoms with Crippen molar-refractivity contribution in [3.05, 3.63) is 106 Å². The van der Waals surface area contributed by atoms with Crippen LogP contribution >= 0.6 is 0 Å². The van der Waals surface area contributed by atoms with Crippen LogP contribution in [0.5, 0.6) is 0 Å². The van der Waals surface area contributed by atoms with Gasteiger partial charge in [0.25, 0.3) is 0 Å². The van der Waals surface area contributed by atoms with Crippen LogP contribution in [0.2, 0.25) is 0 Å². The normalized spacial score (nSPS) is 11.2. The van der Waals surface area contributed by atoms with Gasteiger partial charge in [-0.1, -0.05) is 78.9 Å². The number of oxazole rings is 1. The fourth-order valence-electron chi connectivity index (χ4n) is 3.46. The van der Waals surface area contributed by atoms with E-state index in [2.05, 4.69) is 17.4 Å². The largest absolute Gasteiger partial charge is 0.428 e. The number of nitrogens with one attached hydrogen (secondary N) is 1. The third kappa shape index (κ3) is 5.20. The van der Waals surface area contributed by atoms with Crippen LogP contribution < -0.4 is 11.1 Å². The first-order valence-electron chi connectivity index (χ1n) is 10.4. The quantitative estimate of drug-likeness (QED) is 0.329. The Bertz CT molecular complexity index is 1240. The summed E-state index contributed by atoms with van der Waals surface area (Å²) in [7, 11) is 0. The molecule has 5 nitrogen and oxygen atoms in total. The molecule has 3 aromatic carbocycles. The molecule has 0 saturated heterocycles. The minimum atomic E-state index is -0.680. The Morgan fingerprint density at radius 2 is 1.58 bits per heavy atom. The summed E-state index contributed by atoms with van der Waals surface area (Å²) < 4.78 is 6.36. The summed E-state index contributed by atoms with van der Waals surface area (Å²) in [5.41, 5.74) is 4.10. The zero-order valence-corrected chi connectivity index (χ0v) is 17.2. The van der Waals surface area contributed by atoms with Gasteiger partial charge in [-0.05, 0) is 48.1 Å². The number of carbonyl (C=O) groups is 1. The maximum Gasteiger partial charge on any atom is 0.428 e. The van der Waals surface area contributed by atoms with E-state index in [0.717, 1.165) is 35.0 Å². The highest BCUT2D eigenvalue weighted by molar-refractivity contribution is 5.89. The SMILES string of the molecule is O=C(NCCCCc1ccccc1)n1c(=O)oc2cc(C=Cc3ccccc3)ccc21. The average molecular weight is 412 g/mol. The summed E-state index contributed by atoms with van der Waals surface area (Å²) in [6.45, 7) is 0.503. The number of amides is 1. The van der Waals surface area contributed by atoms with Crippen LogP contribution in [0.1, 0.15) is 29.5 Å². The Labute approximate surface area is 180 Å². The lowest BCUT2D eigenvalue weighted by atomic mass is 10.1. The number of unbranched alkanes of at least 4 members (excludes halogenated alkanes) is 1. The summed E-state index contributed by atoms with van der Waals surface area (Å²) in [4.78, 5) is 24.8. The predicted molar refractivity (Wildman–Crippen MR) is 124 cm³/mol. The zero-order chi connectivity index (χ0) is 21.5. The molecule has 0 aliphatic rings. The smallest absolute Gasteiger partial charge is 0.407 e. The second kappa shape index (κ2) is 9.76. The molecule has 5 heteroatoms. The first kappa shape index (κ1) is 20.4. The molecular weight excluding hydrogens is 388 g/mol. The van der Waals surface area contributed by atoms with Crippen LogP contribution in [0.3, 0.4) is 0 Å². The Morgan fingerprint density at radius 3 is 2.35 bits per heavy atom. The number of hydrogen-bond donors (Lipinski definition) is 1. The van der Waals surface area contributed by atoms with E-state index in [4.69, 9.17) is 4.42 Å². The van der Waals surface area contributed by atoms with Crippen molar-refractivity contribution in [2.45, 2.75) is 19.3 Å². The molecule has 1 heterocycles. The van der Waals surface area contributed by atoms with Crippen LogP contribution in [-0.2, 0) is 6.42 Å². The third-order valence-corrected chi connectivity index (χ3v) is 5.09. The molecule has 4 rings (SSSR count). The third-order valence-electron chi connectivity index (χ3n) is 5.09. The van der Waals surface area contributed by atoms with Gasteiger partial charge < -0.3 is 9.73 Å². The number of nitrogens with zero attached hydrogens (tertiary/aromatic N) is 1. The summed E-state index contributed by atoms with van der Waals surface area (Å²) in [6.07, 6.45) is 6.68. The maximum absolute atomic E-state index is 12.5. The molecule has 156 valence electrons. The van der Waals surface area contributed by atoms with Crippen molar-refractivity contribution in [3.63, 3.8) is 0 Å². The molecule has 0 saturated carbocycles. The minimum absolute atomic E-state index is 0.388. The fourth-order valence-corrected chi connectivity index (χ4v) is 3.46. The first-order chi connectivity index (χ1) is 15.2. The second-order valence-corrected chi connectivity index (χ2v) is 7.35. The van der Waals surface area contributed by atoms with Crippen molar-refractivity contribution >= 4 is 29.3 Å². The lowest BCUT2D eigenvalue weighted by Gasteiger charge is -2.05. The molecule has 4 aromatic rings. The predicted octanol–water partition coefficient (Wildman–Crippen LogP) is 5.35. The number of carbonyl (C=O) groups excluding carboxylic acids is 1. The van der Waals surface area contributed by atoms with Gasteiger partial charge in [-0.3, -0.25) is 0 Å². The van der Waals surface area contributed by atoms with Gasteiger partial charge >= 0.3 is 11.8 Å². The van der Waals surface area contributed by atoms with Gasteiger partial charge in [0.2, 0.25) is 0 Å². The van der Waals surface area contributed by atoms with Crippen LogP contribution in [0.15, 0.2) is 88.1 Å². The van der Waals surface area contributed by atoms with Gasteiger partial charge in [-0.25, -0.2) is 9.59 Å². The standard InChI is InChI=1S/C26H24N2O3/c29-25(27-18-8-7-13-20-9-3-1-4-10-20)28-23-17-16-22(19-24(23)31-26(28)30)15-14-21-11-5-2-6-12-21/h1-6,9-12,14-17,19H,7-8,13,18H2,(H,27,29). The Morgan fingerprint density at radius 1 is 0.871 bits per heavy atom. The molecule has 1 aromatic heterocycles. The fraction of sp³-hybridized carbons (Fsp3) is 0.154. The molecule has 31 heavy (non-hydrogen) atoms. The van der Waals surface area contributed by atoms with Crippen LogP contribution in [-0.4, -0.2) is 17.1 Å². The maximum atomic E-state index is 12.5. The van der Waals surface area contributed by atoms with Crippen molar-refractivity contribution in [1.29, 1.82) is 0 Å². The van der Waals surface area contributed by atoms with E-state index >= 15 is 0 Å². The van der Waals surface area contributed by atoms with E-state index in [-0.39, 0.29) is 0 Å². The Hall–Kier alpha value is -3.86. The van der Waals surface area contributed by atoms with E-state index in [1.807, 2.05) is 66.7 Å². The molecule has 0 fully saturated rings. The van der Waals surface area contributed by atoms with Gasteiger partial charge in [-0.15, -0.1) is 0 Å². The van der Waals surface area contributed by atoms with Crippen LogP contribution in [0.4, 0.5) is 4.79 Å². The monoisotopic (exact) mass is 412 g/mol. The van der Waals surface area contributed by atoms with Crippen molar-refractivity contribution < 1.29 is 9.21 Å². The van der Waals surface area contributed by atoms with Crippen LogP contribution in [0, 0.1) is 0 Å². The van der Waals surface area contributed by atoms with E-state index < -0.39 is 11.8 Å². The average Bonchev–Trinajstić information content (AvgIpc) is 3.13. The van der Waals surface area contributed by atoms with Crippen molar-refractivity contribution in [2.24, 2.45) is 0 Å². The Kier molecular flexibility index (Phi) is 6.43. The minimum Gasteiger partial charge on any atom is -0.407 e. The molecule has 0 spiro atoms. The molecular formula is C26H24N2O3. The molecule has 1 N–H and O–H groups in total. The van der Waals surface area contributed by atoms with E-state index in [0.29, 0.717) is 17.6 Å². The summed E-state index contributed by atoms with van der Waals surface area (Å²) in [5.74, 6) is -0.680. The van der Waals surface area contributed by atoms with Crippen molar-refractivity contribution in [1.82, 2.24) is 9.88 Å². The topological polar surface area (TPSA) is 64.2 Å². The van der Waals surface area contributed by atoms with Crippen molar-refractivity contribution in [3.8, 4) is 0 Å². The highest BCUT2D eigenvalue weighted by Crippen LogP contribution is 2.17. The number of hydrogen-bond acceptors (Lipinski definition) is 3. The number of fused-ring (bicyclic) bond motifs is 1. The summed E-state index contributed by atoms with van der Waals surface area (Å²) >= 11 is 0. The first-order valence-corrected chi connectivity index (χ1v) is 10.4. The lowest BCUT2D eigenvalue weighted by Crippen LogP contribution is -2.34. The summed E-state index contributed by atoms with van der Waals surface area (Å²) in [6, 6.07) is 25.1. The Balaban J connectivity index is 1.38. The second-order valence-electron chi connectivity index (χ2n) is 7.35. The van der Waals surface area contributed by atoms with E-state index in [1.54, 1.807) is 12.1 Å². The molecule has 1 amide bonds. The molecule has 0 radical (unpaired) electrons. The van der Waals surface area contributed by atoms with Crippen LogP contribution in [0.25, 0.3) is 23.3 Å². The van der Waals surface area contributed by atoms with Gasteiger partial charge in [-0.2, -0.15) is 4.57 Å². The van der Waals surface area contributed by atoms with E-state index in [1.165, 1.54) is 5.56 Å². The van der Waals surface area contributed by atoms with Gasteiger partial charge in [0.05, 0.1) is 5.52 Å². The van der Waals surface area contributed by atoms with E-state index in [9.17, 15) is 9.59 Å². The number of benzene rings is 3. The number of aryl methyl sites for hydroxylation is 1. The number of rotatable bonds is 7. The van der Waals surface area contributed by atoms with Gasteiger partial charge in [0, 0.05) is 6.54 Å². The zero-order valence-electron chi connectivity index (χ0n) is 17.2. The van der Waals surface area contributed by atoms with Gasteiger partial charge in [0.1, 0.15) is 0 Å². The highest BCUT2D eigenvalue weighted by atomic mass is 16.4. The molecule has 0 unspecified atom stereocenters. The molecule has 0 aliphatic carbocycles. The van der Waals surface area contributed by atoms with Gasteiger partial charge in [0.15, 0.2) is 5.58 Å². The lowest BCUT2D eigenvalue weighted by molar-refractivity contribution is 0.241. The summed E-state index contributed by atoms with van der Waals surface area (Å²) in [5, 5.41) is 2.82. The highest BCUT2D eigenvalue weighted by Gasteiger charge is 2.15. The number of aromatic nitrogens is 1. The molecule has 0 bridgehead atoms. The van der Waals surface area contributed by atoms with Crippen molar-refractivity contribution in [2.75, 3.05) is 6.54 Å².